The minimum absolute atomic E-state index is 0.241. The molecule has 2 aromatic rings. The molecular formula is C19H25N3O4S. The molecule has 2 heterocycles. The normalized spacial score (nSPS) is 16.4. The van der Waals surface area contributed by atoms with Gasteiger partial charge in [-0.15, -0.1) is 0 Å². The van der Waals surface area contributed by atoms with Crippen LogP contribution >= 0.6 is 0 Å². The minimum atomic E-state index is -3.50. The van der Waals surface area contributed by atoms with E-state index in [1.165, 1.54) is 16.4 Å². The molecule has 1 amide bonds. The van der Waals surface area contributed by atoms with E-state index in [1.54, 1.807) is 19.1 Å². The van der Waals surface area contributed by atoms with Crippen molar-refractivity contribution in [1.82, 2.24) is 9.46 Å². The topological polar surface area (TPSA) is 92.5 Å². The molecule has 146 valence electrons. The summed E-state index contributed by atoms with van der Waals surface area (Å²) in [4.78, 5) is 12.7. The number of rotatable bonds is 5. The number of sulfonamides is 1. The fourth-order valence-electron chi connectivity index (χ4n) is 3.23. The second kappa shape index (κ2) is 7.82. The van der Waals surface area contributed by atoms with Crippen LogP contribution in [-0.2, 0) is 16.4 Å². The maximum absolute atomic E-state index is 12.8. The SMILES string of the molecule is CCc1noc(C)c1C(=O)Nc1ccc(S(=O)(=O)N2CCC(C)CC2)cc1. The molecule has 0 bridgehead atoms. The third-order valence-electron chi connectivity index (χ3n) is 4.99. The lowest BCUT2D eigenvalue weighted by Gasteiger charge is -2.29. The van der Waals surface area contributed by atoms with Crippen LogP contribution in [-0.4, -0.2) is 36.9 Å². The first kappa shape index (κ1) is 19.6. The summed E-state index contributed by atoms with van der Waals surface area (Å²) >= 11 is 0. The van der Waals surface area contributed by atoms with Crippen LogP contribution in [0.15, 0.2) is 33.7 Å². The molecule has 1 aromatic carbocycles. The third kappa shape index (κ3) is 4.06. The predicted octanol–water partition coefficient (Wildman–Crippen LogP) is 3.22. The first-order chi connectivity index (χ1) is 12.8. The maximum atomic E-state index is 12.8. The zero-order chi connectivity index (χ0) is 19.6. The highest BCUT2D eigenvalue weighted by atomic mass is 32.2. The molecule has 1 N–H and O–H groups in total. The quantitative estimate of drug-likeness (QED) is 0.845. The van der Waals surface area contributed by atoms with Crippen molar-refractivity contribution in [3.05, 3.63) is 41.3 Å². The standard InChI is InChI=1S/C19H25N3O4S/c1-4-17-18(14(3)26-21-17)19(23)20-15-5-7-16(8-6-15)27(24,25)22-11-9-13(2)10-12-22/h5-8,13H,4,9-12H2,1-3H3,(H,20,23). The summed E-state index contributed by atoms with van der Waals surface area (Å²) in [6.45, 7) is 6.83. The van der Waals surface area contributed by atoms with Crippen LogP contribution in [0.3, 0.4) is 0 Å². The van der Waals surface area contributed by atoms with E-state index in [-0.39, 0.29) is 10.8 Å². The molecule has 0 spiro atoms. The molecule has 1 saturated heterocycles. The summed E-state index contributed by atoms with van der Waals surface area (Å²) in [5, 5.41) is 6.66. The third-order valence-corrected chi connectivity index (χ3v) is 6.90. The molecular weight excluding hydrogens is 366 g/mol. The number of hydrogen-bond donors (Lipinski definition) is 1. The largest absolute Gasteiger partial charge is 0.361 e. The van der Waals surface area contributed by atoms with Crippen LogP contribution in [0.5, 0.6) is 0 Å². The Kier molecular flexibility index (Phi) is 5.67. The number of piperidine rings is 1. The van der Waals surface area contributed by atoms with Crippen LogP contribution in [0.1, 0.15) is 48.5 Å². The maximum Gasteiger partial charge on any atom is 0.261 e. The number of anilines is 1. The van der Waals surface area contributed by atoms with Gasteiger partial charge in [0.05, 0.1) is 10.6 Å². The Hall–Kier alpha value is -2.19. The van der Waals surface area contributed by atoms with Gasteiger partial charge >= 0.3 is 0 Å². The van der Waals surface area contributed by atoms with Gasteiger partial charge in [-0.25, -0.2) is 8.42 Å². The van der Waals surface area contributed by atoms with E-state index in [0.29, 0.717) is 48.1 Å². The summed E-state index contributed by atoms with van der Waals surface area (Å²) in [5.74, 6) is 0.706. The lowest BCUT2D eigenvalue weighted by Crippen LogP contribution is -2.37. The number of nitrogens with zero attached hydrogens (tertiary/aromatic N) is 2. The van der Waals surface area contributed by atoms with Crippen LogP contribution in [0.4, 0.5) is 5.69 Å². The van der Waals surface area contributed by atoms with Gasteiger partial charge in [0.2, 0.25) is 10.0 Å². The van der Waals surface area contributed by atoms with Gasteiger partial charge in [-0.3, -0.25) is 4.79 Å². The monoisotopic (exact) mass is 391 g/mol. The van der Waals surface area contributed by atoms with E-state index in [0.717, 1.165) is 12.8 Å². The van der Waals surface area contributed by atoms with Crippen LogP contribution in [0.2, 0.25) is 0 Å². The average Bonchev–Trinajstić information content (AvgIpc) is 3.03. The van der Waals surface area contributed by atoms with Crippen molar-refractivity contribution in [3.8, 4) is 0 Å². The van der Waals surface area contributed by atoms with Gasteiger partial charge in [-0.2, -0.15) is 4.31 Å². The van der Waals surface area contributed by atoms with Crippen molar-refractivity contribution in [2.45, 2.75) is 44.9 Å². The van der Waals surface area contributed by atoms with E-state index in [4.69, 9.17) is 4.52 Å². The Morgan fingerprint density at radius 3 is 2.48 bits per heavy atom. The number of hydrogen-bond acceptors (Lipinski definition) is 5. The lowest BCUT2D eigenvalue weighted by molar-refractivity contribution is 0.102. The van der Waals surface area contributed by atoms with E-state index < -0.39 is 10.0 Å². The lowest BCUT2D eigenvalue weighted by atomic mass is 10.0. The Balaban J connectivity index is 1.73. The fraction of sp³-hybridized carbons (Fsp3) is 0.474. The molecule has 1 aromatic heterocycles. The van der Waals surface area contributed by atoms with Gasteiger partial charge in [0.25, 0.3) is 5.91 Å². The molecule has 1 fully saturated rings. The molecule has 3 rings (SSSR count). The number of carbonyl (C=O) groups excluding carboxylic acids is 1. The van der Waals surface area contributed by atoms with Gasteiger partial charge in [0.1, 0.15) is 11.3 Å². The van der Waals surface area contributed by atoms with Crippen molar-refractivity contribution in [2.24, 2.45) is 5.92 Å². The fourth-order valence-corrected chi connectivity index (χ4v) is 4.70. The van der Waals surface area contributed by atoms with Crippen LogP contribution in [0.25, 0.3) is 0 Å². The zero-order valence-electron chi connectivity index (χ0n) is 15.9. The van der Waals surface area contributed by atoms with E-state index in [9.17, 15) is 13.2 Å². The van der Waals surface area contributed by atoms with Crippen molar-refractivity contribution in [1.29, 1.82) is 0 Å². The molecule has 0 unspecified atom stereocenters. The molecule has 7 nitrogen and oxygen atoms in total. The Labute approximate surface area is 159 Å². The van der Waals surface area contributed by atoms with Gasteiger partial charge in [-0.05, 0) is 56.4 Å². The minimum Gasteiger partial charge on any atom is -0.361 e. The number of carbonyl (C=O) groups is 1. The van der Waals surface area contributed by atoms with Crippen LogP contribution in [0, 0.1) is 12.8 Å². The molecule has 0 aliphatic carbocycles. The van der Waals surface area contributed by atoms with Crippen molar-refractivity contribution < 1.29 is 17.7 Å². The number of benzene rings is 1. The highest BCUT2D eigenvalue weighted by Crippen LogP contribution is 2.25. The van der Waals surface area contributed by atoms with Gasteiger partial charge in [0.15, 0.2) is 0 Å². The first-order valence-electron chi connectivity index (χ1n) is 9.19. The van der Waals surface area contributed by atoms with Gasteiger partial charge in [-0.1, -0.05) is 19.0 Å². The van der Waals surface area contributed by atoms with E-state index >= 15 is 0 Å². The molecule has 1 aliphatic rings. The summed E-state index contributed by atoms with van der Waals surface area (Å²) in [6.07, 6.45) is 2.35. The van der Waals surface area contributed by atoms with E-state index in [1.807, 2.05) is 6.92 Å². The molecule has 0 saturated carbocycles. The highest BCUT2D eigenvalue weighted by molar-refractivity contribution is 7.89. The Morgan fingerprint density at radius 1 is 1.26 bits per heavy atom. The highest BCUT2D eigenvalue weighted by Gasteiger charge is 2.28. The Morgan fingerprint density at radius 2 is 1.89 bits per heavy atom. The summed E-state index contributed by atoms with van der Waals surface area (Å²) < 4.78 is 32.1. The first-order valence-corrected chi connectivity index (χ1v) is 10.6. The van der Waals surface area contributed by atoms with E-state index in [2.05, 4.69) is 17.4 Å². The van der Waals surface area contributed by atoms with Crippen LogP contribution < -0.4 is 5.32 Å². The average molecular weight is 391 g/mol. The number of aryl methyl sites for hydroxylation is 2. The summed E-state index contributed by atoms with van der Waals surface area (Å²) in [7, 11) is -3.50. The molecule has 0 radical (unpaired) electrons. The Bertz CT molecular complexity index is 911. The number of amides is 1. The van der Waals surface area contributed by atoms with Crippen molar-refractivity contribution >= 4 is 21.6 Å². The van der Waals surface area contributed by atoms with Crippen molar-refractivity contribution in [2.75, 3.05) is 18.4 Å². The second-order valence-corrected chi connectivity index (χ2v) is 8.92. The predicted molar refractivity (Wildman–Crippen MR) is 102 cm³/mol. The molecule has 1 aliphatic heterocycles. The zero-order valence-corrected chi connectivity index (χ0v) is 16.7. The molecule has 0 atom stereocenters. The second-order valence-electron chi connectivity index (χ2n) is 6.98. The smallest absolute Gasteiger partial charge is 0.261 e. The van der Waals surface area contributed by atoms with Gasteiger partial charge in [0, 0.05) is 18.8 Å². The van der Waals surface area contributed by atoms with Crippen molar-refractivity contribution in [3.63, 3.8) is 0 Å². The summed E-state index contributed by atoms with van der Waals surface area (Å²) in [6, 6.07) is 6.27. The summed E-state index contributed by atoms with van der Waals surface area (Å²) in [5.41, 5.74) is 1.55. The molecule has 8 heteroatoms. The number of aromatic nitrogens is 1. The number of nitrogens with one attached hydrogen (secondary N) is 1. The molecule has 27 heavy (non-hydrogen) atoms. The van der Waals surface area contributed by atoms with Gasteiger partial charge < -0.3 is 9.84 Å².